The average molecular weight is 457 g/mol. The van der Waals surface area contributed by atoms with Crippen LogP contribution >= 0.6 is 23.2 Å². The van der Waals surface area contributed by atoms with Crippen LogP contribution < -0.4 is 18.9 Å². The number of carbonyl (C=O) groups is 1. The van der Waals surface area contributed by atoms with Gasteiger partial charge < -0.3 is 18.9 Å². The lowest BCUT2D eigenvalue weighted by Gasteiger charge is -2.08. The molecule has 1 aliphatic rings. The summed E-state index contributed by atoms with van der Waals surface area (Å²) in [6.45, 7) is 0.299. The van der Waals surface area contributed by atoms with Crippen LogP contribution in [0.15, 0.2) is 60.4 Å². The number of benzene rings is 3. The molecule has 7 heteroatoms. The number of methoxy groups -OCH3 is 2. The van der Waals surface area contributed by atoms with Crippen molar-refractivity contribution in [2.24, 2.45) is 0 Å². The van der Waals surface area contributed by atoms with Crippen molar-refractivity contribution in [3.05, 3.63) is 87.1 Å². The molecule has 31 heavy (non-hydrogen) atoms. The maximum absolute atomic E-state index is 12.8. The average Bonchev–Trinajstić information content (AvgIpc) is 3.09. The predicted octanol–water partition coefficient (Wildman–Crippen LogP) is 6.21. The number of rotatable bonds is 6. The molecule has 0 aromatic heterocycles. The van der Waals surface area contributed by atoms with Gasteiger partial charge in [0.2, 0.25) is 5.78 Å². The number of ketones is 1. The number of hydrogen-bond acceptors (Lipinski definition) is 5. The Morgan fingerprint density at radius 1 is 0.903 bits per heavy atom. The van der Waals surface area contributed by atoms with Gasteiger partial charge in [-0.1, -0.05) is 29.3 Å². The summed E-state index contributed by atoms with van der Waals surface area (Å²) in [6.07, 6.45) is 1.64. The molecule has 1 aliphatic heterocycles. The minimum Gasteiger partial charge on any atom is -0.497 e. The predicted molar refractivity (Wildman–Crippen MR) is 120 cm³/mol. The molecule has 0 unspecified atom stereocenters. The molecule has 0 aliphatic carbocycles. The van der Waals surface area contributed by atoms with Gasteiger partial charge in [0.15, 0.2) is 5.76 Å². The lowest BCUT2D eigenvalue weighted by Crippen LogP contribution is -1.99. The third-order valence-electron chi connectivity index (χ3n) is 4.75. The molecular formula is C24H18Cl2O5. The lowest BCUT2D eigenvalue weighted by atomic mass is 10.1. The van der Waals surface area contributed by atoms with Gasteiger partial charge in [0, 0.05) is 11.6 Å². The van der Waals surface area contributed by atoms with Crippen molar-refractivity contribution >= 4 is 35.1 Å². The molecule has 5 nitrogen and oxygen atoms in total. The molecule has 0 bridgehead atoms. The number of carbonyl (C=O) groups excluding carboxylic acids is 1. The monoisotopic (exact) mass is 456 g/mol. The van der Waals surface area contributed by atoms with Crippen molar-refractivity contribution in [1.82, 2.24) is 0 Å². The van der Waals surface area contributed by atoms with E-state index in [9.17, 15) is 4.79 Å². The van der Waals surface area contributed by atoms with Crippen LogP contribution in [0.2, 0.25) is 10.0 Å². The summed E-state index contributed by atoms with van der Waals surface area (Å²) in [5, 5.41) is 0.954. The third kappa shape index (κ3) is 4.48. The van der Waals surface area contributed by atoms with E-state index in [2.05, 4.69) is 0 Å². The second kappa shape index (κ2) is 8.92. The first-order valence-corrected chi connectivity index (χ1v) is 10.1. The second-order valence-electron chi connectivity index (χ2n) is 6.74. The molecule has 0 saturated heterocycles. The summed E-state index contributed by atoms with van der Waals surface area (Å²) in [7, 11) is 3.14. The summed E-state index contributed by atoms with van der Waals surface area (Å²) >= 11 is 12.0. The van der Waals surface area contributed by atoms with Crippen molar-refractivity contribution in [3.8, 4) is 23.0 Å². The Kier molecular flexibility index (Phi) is 6.07. The van der Waals surface area contributed by atoms with E-state index < -0.39 is 0 Å². The highest BCUT2D eigenvalue weighted by atomic mass is 35.5. The third-order valence-corrected chi connectivity index (χ3v) is 5.49. The van der Waals surface area contributed by atoms with E-state index in [4.69, 9.17) is 42.1 Å². The zero-order valence-corrected chi connectivity index (χ0v) is 18.3. The Bertz CT molecular complexity index is 1190. The van der Waals surface area contributed by atoms with Gasteiger partial charge in [0.05, 0.1) is 29.8 Å². The molecule has 0 N–H and O–H groups in total. The molecule has 0 amide bonds. The van der Waals surface area contributed by atoms with Crippen LogP contribution in [0.4, 0.5) is 0 Å². The molecule has 0 fully saturated rings. The summed E-state index contributed by atoms with van der Waals surface area (Å²) < 4.78 is 22.3. The first kappa shape index (κ1) is 21.1. The van der Waals surface area contributed by atoms with Crippen LogP contribution in [-0.2, 0) is 6.61 Å². The van der Waals surface area contributed by atoms with Gasteiger partial charge in [-0.2, -0.15) is 0 Å². The first-order chi connectivity index (χ1) is 15.0. The fraction of sp³-hybridized carbons (Fsp3) is 0.125. The van der Waals surface area contributed by atoms with Crippen molar-refractivity contribution in [2.45, 2.75) is 6.61 Å². The van der Waals surface area contributed by atoms with Crippen LogP contribution in [0.5, 0.6) is 23.0 Å². The minimum atomic E-state index is -0.212. The summed E-state index contributed by atoms with van der Waals surface area (Å²) in [5.74, 6) is 2.24. The maximum atomic E-state index is 12.8. The number of fused-ring (bicyclic) bond motifs is 1. The highest BCUT2D eigenvalue weighted by Gasteiger charge is 2.28. The SMILES string of the molecule is COc1ccc(OC)c(/C=C2\Oc3cc(OCc4ccc(Cl)c(Cl)c4)ccc3C2=O)c1. The van der Waals surface area contributed by atoms with E-state index in [0.717, 1.165) is 5.56 Å². The van der Waals surface area contributed by atoms with Crippen LogP contribution in [0.3, 0.4) is 0 Å². The molecule has 3 aromatic rings. The standard InChI is InChI=1S/C24H18Cl2O5/c1-28-16-5-8-21(29-2)15(10-16)11-23-24(27)18-6-4-17(12-22(18)31-23)30-13-14-3-7-19(25)20(26)9-14/h3-12H,13H2,1-2H3/b23-11-. The Morgan fingerprint density at radius 2 is 1.71 bits per heavy atom. The van der Waals surface area contributed by atoms with Gasteiger partial charge >= 0.3 is 0 Å². The zero-order chi connectivity index (χ0) is 22.0. The fourth-order valence-electron chi connectivity index (χ4n) is 3.15. The van der Waals surface area contributed by atoms with Gasteiger partial charge in [-0.3, -0.25) is 4.79 Å². The van der Waals surface area contributed by atoms with Crippen molar-refractivity contribution in [3.63, 3.8) is 0 Å². The van der Waals surface area contributed by atoms with Gasteiger partial charge in [0.1, 0.15) is 29.6 Å². The van der Waals surface area contributed by atoms with E-state index in [1.165, 1.54) is 0 Å². The molecule has 4 rings (SSSR count). The first-order valence-electron chi connectivity index (χ1n) is 9.35. The topological polar surface area (TPSA) is 54.0 Å². The van der Waals surface area contributed by atoms with Crippen LogP contribution in [0, 0.1) is 0 Å². The molecule has 0 radical (unpaired) electrons. The number of allylic oxidation sites excluding steroid dienone is 1. The quantitative estimate of drug-likeness (QED) is 0.412. The summed E-state index contributed by atoms with van der Waals surface area (Å²) in [5.41, 5.74) is 2.02. The van der Waals surface area contributed by atoms with Crippen LogP contribution in [-0.4, -0.2) is 20.0 Å². The Labute approximate surface area is 189 Å². The van der Waals surface area contributed by atoms with E-state index >= 15 is 0 Å². The fourth-order valence-corrected chi connectivity index (χ4v) is 3.47. The normalized spacial score (nSPS) is 13.7. The van der Waals surface area contributed by atoms with Crippen molar-refractivity contribution in [1.29, 1.82) is 0 Å². The van der Waals surface area contributed by atoms with Gasteiger partial charge in [-0.15, -0.1) is 0 Å². The Hall–Kier alpha value is -3.15. The van der Waals surface area contributed by atoms with Gasteiger partial charge in [-0.25, -0.2) is 0 Å². The Morgan fingerprint density at radius 3 is 2.45 bits per heavy atom. The van der Waals surface area contributed by atoms with E-state index in [1.807, 2.05) is 6.07 Å². The smallest absolute Gasteiger partial charge is 0.231 e. The van der Waals surface area contributed by atoms with Crippen LogP contribution in [0.25, 0.3) is 6.08 Å². The number of ether oxygens (including phenoxy) is 4. The molecule has 3 aromatic carbocycles. The van der Waals surface area contributed by atoms with Crippen LogP contribution in [0.1, 0.15) is 21.5 Å². The number of Topliss-reactive ketones (excluding diaryl/α,β-unsaturated/α-hetero) is 1. The summed E-state index contributed by atoms with van der Waals surface area (Å²) in [6, 6.07) is 15.7. The van der Waals surface area contributed by atoms with Gasteiger partial charge in [-0.05, 0) is 54.1 Å². The number of halogens is 2. The van der Waals surface area contributed by atoms with E-state index in [0.29, 0.717) is 50.8 Å². The number of hydrogen-bond donors (Lipinski definition) is 0. The highest BCUT2D eigenvalue weighted by molar-refractivity contribution is 6.42. The Balaban J connectivity index is 1.54. The summed E-state index contributed by atoms with van der Waals surface area (Å²) in [4.78, 5) is 12.8. The largest absolute Gasteiger partial charge is 0.497 e. The minimum absolute atomic E-state index is 0.197. The molecule has 0 saturated carbocycles. The van der Waals surface area contributed by atoms with E-state index in [1.54, 1.807) is 68.8 Å². The molecule has 1 heterocycles. The lowest BCUT2D eigenvalue weighted by molar-refractivity contribution is 0.101. The highest BCUT2D eigenvalue weighted by Crippen LogP contribution is 2.36. The zero-order valence-electron chi connectivity index (χ0n) is 16.8. The molecular weight excluding hydrogens is 439 g/mol. The van der Waals surface area contributed by atoms with Crippen molar-refractivity contribution in [2.75, 3.05) is 14.2 Å². The molecule has 0 spiro atoms. The molecule has 0 atom stereocenters. The van der Waals surface area contributed by atoms with Crippen molar-refractivity contribution < 1.29 is 23.7 Å². The van der Waals surface area contributed by atoms with E-state index in [-0.39, 0.29) is 11.5 Å². The maximum Gasteiger partial charge on any atom is 0.231 e. The van der Waals surface area contributed by atoms with Gasteiger partial charge in [0.25, 0.3) is 0 Å². The second-order valence-corrected chi connectivity index (χ2v) is 7.56. The molecule has 158 valence electrons.